The van der Waals surface area contributed by atoms with Crippen LogP contribution in [0.2, 0.25) is 0 Å². The van der Waals surface area contributed by atoms with Crippen LogP contribution in [-0.4, -0.2) is 29.4 Å². The molecule has 2 heterocycles. The van der Waals surface area contributed by atoms with Crippen molar-refractivity contribution in [3.05, 3.63) is 35.1 Å². The summed E-state index contributed by atoms with van der Waals surface area (Å²) < 4.78 is 13.5. The standard InChI is InChI=1S/C14H17FN2O/c1-14(2)13(18)17-4-3-9-5-10(7-11(15)6-9)12(17)8-16-14/h5-7,12,16H,3-4,8H2,1-2H3. The molecule has 18 heavy (non-hydrogen) atoms. The summed E-state index contributed by atoms with van der Waals surface area (Å²) in [7, 11) is 0. The molecular weight excluding hydrogens is 231 g/mol. The highest BCUT2D eigenvalue weighted by molar-refractivity contribution is 5.87. The third-order valence-corrected chi connectivity index (χ3v) is 3.92. The summed E-state index contributed by atoms with van der Waals surface area (Å²) in [6.45, 7) is 5.14. The van der Waals surface area contributed by atoms with Gasteiger partial charge in [-0.1, -0.05) is 6.07 Å². The molecule has 1 unspecified atom stereocenters. The molecule has 1 aromatic rings. The number of halogens is 1. The molecule has 1 aromatic carbocycles. The van der Waals surface area contributed by atoms with E-state index in [0.717, 1.165) is 17.5 Å². The molecule has 1 amide bonds. The molecule has 1 fully saturated rings. The van der Waals surface area contributed by atoms with Gasteiger partial charge in [0.25, 0.3) is 0 Å². The van der Waals surface area contributed by atoms with Crippen molar-refractivity contribution in [2.45, 2.75) is 31.8 Å². The number of nitrogens with one attached hydrogen (secondary N) is 1. The van der Waals surface area contributed by atoms with Crippen LogP contribution >= 0.6 is 0 Å². The Balaban J connectivity index is 2.02. The molecule has 3 nitrogen and oxygen atoms in total. The summed E-state index contributed by atoms with van der Waals surface area (Å²) in [5.41, 5.74) is 1.36. The Hall–Kier alpha value is -1.42. The van der Waals surface area contributed by atoms with Gasteiger partial charge in [-0.3, -0.25) is 4.79 Å². The Morgan fingerprint density at radius 1 is 1.39 bits per heavy atom. The molecule has 1 saturated heterocycles. The molecule has 1 N–H and O–H groups in total. The number of amides is 1. The lowest BCUT2D eigenvalue weighted by Crippen LogP contribution is -2.62. The van der Waals surface area contributed by atoms with Crippen LogP contribution in [-0.2, 0) is 11.2 Å². The molecule has 1 atom stereocenters. The summed E-state index contributed by atoms with van der Waals surface area (Å²) in [6, 6.07) is 5.08. The van der Waals surface area contributed by atoms with E-state index in [1.165, 1.54) is 0 Å². The number of hydrogen-bond donors (Lipinski definition) is 1. The average molecular weight is 248 g/mol. The number of benzene rings is 1. The van der Waals surface area contributed by atoms with Crippen LogP contribution in [0, 0.1) is 5.82 Å². The first kappa shape index (κ1) is 11.7. The first-order valence-electron chi connectivity index (χ1n) is 6.33. The van der Waals surface area contributed by atoms with Gasteiger partial charge in [0.15, 0.2) is 0 Å². The van der Waals surface area contributed by atoms with Gasteiger partial charge in [-0.2, -0.15) is 0 Å². The van der Waals surface area contributed by atoms with Gasteiger partial charge in [-0.15, -0.1) is 0 Å². The second-order valence-electron chi connectivity index (χ2n) is 5.66. The lowest BCUT2D eigenvalue weighted by Gasteiger charge is -2.43. The largest absolute Gasteiger partial charge is 0.332 e. The van der Waals surface area contributed by atoms with Gasteiger partial charge in [0, 0.05) is 13.1 Å². The van der Waals surface area contributed by atoms with Gasteiger partial charge in [-0.05, 0) is 43.5 Å². The number of carbonyl (C=O) groups excluding carboxylic acids is 1. The van der Waals surface area contributed by atoms with E-state index in [4.69, 9.17) is 0 Å². The minimum atomic E-state index is -0.522. The highest BCUT2D eigenvalue weighted by Crippen LogP contribution is 2.31. The van der Waals surface area contributed by atoms with Crippen molar-refractivity contribution in [3.63, 3.8) is 0 Å². The predicted octanol–water partition coefficient (Wildman–Crippen LogP) is 1.63. The second-order valence-corrected chi connectivity index (χ2v) is 5.66. The topological polar surface area (TPSA) is 32.3 Å². The van der Waals surface area contributed by atoms with Crippen LogP contribution in [0.5, 0.6) is 0 Å². The molecule has 0 aromatic heterocycles. The van der Waals surface area contributed by atoms with E-state index in [0.29, 0.717) is 13.1 Å². The molecule has 0 radical (unpaired) electrons. The fourth-order valence-corrected chi connectivity index (χ4v) is 2.86. The summed E-state index contributed by atoms with van der Waals surface area (Å²) in [5, 5.41) is 3.25. The molecular formula is C14H17FN2O. The van der Waals surface area contributed by atoms with E-state index < -0.39 is 5.54 Å². The average Bonchev–Trinajstić information content (AvgIpc) is 2.42. The Labute approximate surface area is 106 Å². The monoisotopic (exact) mass is 248 g/mol. The lowest BCUT2D eigenvalue weighted by molar-refractivity contribution is -0.143. The van der Waals surface area contributed by atoms with Crippen molar-refractivity contribution < 1.29 is 9.18 Å². The molecule has 0 saturated carbocycles. The zero-order valence-electron chi connectivity index (χ0n) is 10.7. The van der Waals surface area contributed by atoms with Gasteiger partial charge in [-0.25, -0.2) is 4.39 Å². The number of carbonyl (C=O) groups is 1. The van der Waals surface area contributed by atoms with Crippen LogP contribution in [0.1, 0.15) is 31.0 Å². The van der Waals surface area contributed by atoms with E-state index in [9.17, 15) is 9.18 Å². The van der Waals surface area contributed by atoms with Crippen molar-refractivity contribution in [1.82, 2.24) is 10.2 Å². The third-order valence-electron chi connectivity index (χ3n) is 3.92. The van der Waals surface area contributed by atoms with Crippen molar-refractivity contribution in [1.29, 1.82) is 0 Å². The van der Waals surface area contributed by atoms with Gasteiger partial charge in [0.1, 0.15) is 5.82 Å². The van der Waals surface area contributed by atoms with Crippen LogP contribution in [0.25, 0.3) is 0 Å². The summed E-state index contributed by atoms with van der Waals surface area (Å²) in [4.78, 5) is 14.3. The molecule has 3 rings (SSSR count). The number of rotatable bonds is 0. The molecule has 4 heteroatoms. The minimum absolute atomic E-state index is 0.0394. The molecule has 2 aliphatic heterocycles. The van der Waals surface area contributed by atoms with Gasteiger partial charge < -0.3 is 10.2 Å². The predicted molar refractivity (Wildman–Crippen MR) is 66.6 cm³/mol. The molecule has 2 aliphatic rings. The van der Waals surface area contributed by atoms with Crippen LogP contribution in [0.4, 0.5) is 4.39 Å². The maximum absolute atomic E-state index is 13.5. The van der Waals surface area contributed by atoms with Gasteiger partial charge in [0.05, 0.1) is 11.6 Å². The van der Waals surface area contributed by atoms with Crippen LogP contribution in [0.3, 0.4) is 0 Å². The van der Waals surface area contributed by atoms with E-state index >= 15 is 0 Å². The Kier molecular flexibility index (Phi) is 2.45. The quantitative estimate of drug-likeness (QED) is 0.757. The fraction of sp³-hybridized carbons (Fsp3) is 0.500. The van der Waals surface area contributed by atoms with Crippen molar-refractivity contribution >= 4 is 5.91 Å². The first-order valence-corrected chi connectivity index (χ1v) is 6.33. The number of fused-ring (bicyclic) bond motifs is 4. The van der Waals surface area contributed by atoms with E-state index in [2.05, 4.69) is 5.32 Å². The summed E-state index contributed by atoms with van der Waals surface area (Å²) in [6.07, 6.45) is 0.725. The normalized spacial score (nSPS) is 25.6. The Morgan fingerprint density at radius 3 is 2.94 bits per heavy atom. The SMILES string of the molecule is CC1(C)NCC2c3cc(F)cc(c3)CCN2C1=O. The second kappa shape index (κ2) is 3.79. The molecule has 2 bridgehead atoms. The first-order chi connectivity index (χ1) is 8.47. The molecule has 0 aliphatic carbocycles. The van der Waals surface area contributed by atoms with E-state index in [1.54, 1.807) is 12.1 Å². The van der Waals surface area contributed by atoms with Crippen molar-refractivity contribution in [2.75, 3.05) is 13.1 Å². The Morgan fingerprint density at radius 2 is 2.17 bits per heavy atom. The molecule has 0 spiro atoms. The smallest absolute Gasteiger partial charge is 0.242 e. The van der Waals surface area contributed by atoms with Crippen molar-refractivity contribution in [3.8, 4) is 0 Å². The maximum Gasteiger partial charge on any atom is 0.242 e. The summed E-state index contributed by atoms with van der Waals surface area (Å²) >= 11 is 0. The van der Waals surface area contributed by atoms with Crippen LogP contribution < -0.4 is 5.32 Å². The van der Waals surface area contributed by atoms with Crippen LogP contribution in [0.15, 0.2) is 18.2 Å². The highest BCUT2D eigenvalue weighted by atomic mass is 19.1. The van der Waals surface area contributed by atoms with E-state index in [-0.39, 0.29) is 17.8 Å². The minimum Gasteiger partial charge on any atom is -0.332 e. The van der Waals surface area contributed by atoms with Gasteiger partial charge >= 0.3 is 0 Å². The molecule has 96 valence electrons. The zero-order valence-corrected chi connectivity index (χ0v) is 10.7. The van der Waals surface area contributed by atoms with Gasteiger partial charge in [0.2, 0.25) is 5.91 Å². The lowest BCUT2D eigenvalue weighted by atomic mass is 9.94. The highest BCUT2D eigenvalue weighted by Gasteiger charge is 2.41. The third kappa shape index (κ3) is 1.72. The Bertz CT molecular complexity index is 513. The fourth-order valence-electron chi connectivity index (χ4n) is 2.86. The zero-order chi connectivity index (χ0) is 12.9. The number of piperazine rings is 1. The van der Waals surface area contributed by atoms with E-state index in [1.807, 2.05) is 24.8 Å². The maximum atomic E-state index is 13.5. The van der Waals surface area contributed by atoms with Crippen molar-refractivity contribution in [2.24, 2.45) is 0 Å². The number of hydrogen-bond acceptors (Lipinski definition) is 2. The number of nitrogens with zero attached hydrogens (tertiary/aromatic N) is 1. The summed E-state index contributed by atoms with van der Waals surface area (Å²) in [5.74, 6) is -0.108.